The first-order chi connectivity index (χ1) is 5.84. The highest BCUT2D eigenvalue weighted by atomic mass is 19.1. The SMILES string of the molecule is CN(CCCF)C1CCNCC1. The Morgan fingerprint density at radius 3 is 2.67 bits per heavy atom. The fraction of sp³-hybridized carbons (Fsp3) is 1.00. The van der Waals surface area contributed by atoms with Gasteiger partial charge in [-0.25, -0.2) is 0 Å². The van der Waals surface area contributed by atoms with Gasteiger partial charge in [0.05, 0.1) is 6.67 Å². The summed E-state index contributed by atoms with van der Waals surface area (Å²) in [6, 6.07) is 0.679. The van der Waals surface area contributed by atoms with Gasteiger partial charge in [0, 0.05) is 12.6 Å². The molecule has 0 aromatic heterocycles. The van der Waals surface area contributed by atoms with E-state index < -0.39 is 0 Å². The van der Waals surface area contributed by atoms with Crippen LogP contribution >= 0.6 is 0 Å². The standard InChI is InChI=1S/C9H19FN2/c1-12(8-2-5-10)9-3-6-11-7-4-9/h9,11H,2-8H2,1H3. The molecule has 0 spiro atoms. The summed E-state index contributed by atoms with van der Waals surface area (Å²) in [6.07, 6.45) is 3.10. The van der Waals surface area contributed by atoms with E-state index in [1.807, 2.05) is 0 Å². The predicted octanol–water partition coefficient (Wildman–Crippen LogP) is 1.03. The highest BCUT2D eigenvalue weighted by molar-refractivity contribution is 4.75. The van der Waals surface area contributed by atoms with Crippen LogP contribution < -0.4 is 5.32 Å². The van der Waals surface area contributed by atoms with E-state index in [9.17, 15) is 4.39 Å². The van der Waals surface area contributed by atoms with Crippen molar-refractivity contribution in [1.82, 2.24) is 10.2 Å². The van der Waals surface area contributed by atoms with Gasteiger partial charge >= 0.3 is 0 Å². The van der Waals surface area contributed by atoms with Crippen molar-refractivity contribution in [3.8, 4) is 0 Å². The number of rotatable bonds is 4. The molecule has 0 radical (unpaired) electrons. The predicted molar refractivity (Wildman–Crippen MR) is 49.1 cm³/mol. The minimum atomic E-state index is -0.185. The van der Waals surface area contributed by atoms with Crippen LogP contribution in [0.5, 0.6) is 0 Å². The second-order valence-corrected chi connectivity index (χ2v) is 3.50. The summed E-state index contributed by atoms with van der Waals surface area (Å²) in [5.41, 5.74) is 0. The van der Waals surface area contributed by atoms with Crippen molar-refractivity contribution in [1.29, 1.82) is 0 Å². The quantitative estimate of drug-likeness (QED) is 0.685. The molecule has 0 aromatic carbocycles. The molecule has 1 aliphatic rings. The molecule has 0 aliphatic carbocycles. The molecule has 1 N–H and O–H groups in total. The van der Waals surface area contributed by atoms with Crippen LogP contribution in [0.15, 0.2) is 0 Å². The second kappa shape index (κ2) is 5.49. The molecule has 1 saturated heterocycles. The maximum Gasteiger partial charge on any atom is 0.0906 e. The topological polar surface area (TPSA) is 15.3 Å². The van der Waals surface area contributed by atoms with Gasteiger partial charge in [-0.3, -0.25) is 4.39 Å². The molecule has 3 heteroatoms. The number of piperidine rings is 1. The smallest absolute Gasteiger partial charge is 0.0906 e. The number of nitrogens with zero attached hydrogens (tertiary/aromatic N) is 1. The van der Waals surface area contributed by atoms with Crippen LogP contribution in [-0.4, -0.2) is 44.3 Å². The molecule has 12 heavy (non-hydrogen) atoms. The molecule has 0 saturated carbocycles. The van der Waals surface area contributed by atoms with Crippen LogP contribution in [0.1, 0.15) is 19.3 Å². The Morgan fingerprint density at radius 2 is 2.08 bits per heavy atom. The zero-order valence-electron chi connectivity index (χ0n) is 7.85. The number of alkyl halides is 1. The summed E-state index contributed by atoms with van der Waals surface area (Å²) in [6.45, 7) is 2.95. The van der Waals surface area contributed by atoms with Crippen molar-refractivity contribution < 1.29 is 4.39 Å². The van der Waals surface area contributed by atoms with Crippen molar-refractivity contribution in [2.45, 2.75) is 25.3 Å². The molecule has 0 amide bonds. The molecule has 2 nitrogen and oxygen atoms in total. The fourth-order valence-electron chi connectivity index (χ4n) is 1.74. The second-order valence-electron chi connectivity index (χ2n) is 3.50. The summed E-state index contributed by atoms with van der Waals surface area (Å²) in [5.74, 6) is 0. The summed E-state index contributed by atoms with van der Waals surface area (Å²) in [4.78, 5) is 2.29. The molecule has 0 aromatic rings. The zero-order valence-corrected chi connectivity index (χ0v) is 7.85. The molecular weight excluding hydrogens is 155 g/mol. The molecule has 1 fully saturated rings. The molecule has 0 unspecified atom stereocenters. The maximum absolute atomic E-state index is 11.9. The maximum atomic E-state index is 11.9. The third-order valence-electron chi connectivity index (χ3n) is 2.58. The van der Waals surface area contributed by atoms with Gasteiger partial charge in [0.2, 0.25) is 0 Å². The molecular formula is C9H19FN2. The Labute approximate surface area is 74.1 Å². The van der Waals surface area contributed by atoms with Crippen molar-refractivity contribution in [3.05, 3.63) is 0 Å². The monoisotopic (exact) mass is 174 g/mol. The van der Waals surface area contributed by atoms with E-state index in [0.717, 1.165) is 19.6 Å². The number of hydrogen-bond donors (Lipinski definition) is 1. The largest absolute Gasteiger partial charge is 0.317 e. The van der Waals surface area contributed by atoms with Gasteiger partial charge < -0.3 is 10.2 Å². The fourth-order valence-corrected chi connectivity index (χ4v) is 1.74. The van der Waals surface area contributed by atoms with E-state index in [2.05, 4.69) is 17.3 Å². The molecule has 0 bridgehead atoms. The van der Waals surface area contributed by atoms with Gasteiger partial charge in [-0.15, -0.1) is 0 Å². The average molecular weight is 174 g/mol. The lowest BCUT2D eigenvalue weighted by Gasteiger charge is -2.31. The Morgan fingerprint density at radius 1 is 1.42 bits per heavy atom. The third-order valence-corrected chi connectivity index (χ3v) is 2.58. The minimum absolute atomic E-state index is 0.185. The lowest BCUT2D eigenvalue weighted by Crippen LogP contribution is -2.41. The molecule has 72 valence electrons. The van der Waals surface area contributed by atoms with E-state index in [1.54, 1.807) is 0 Å². The number of halogens is 1. The zero-order chi connectivity index (χ0) is 8.81. The third kappa shape index (κ3) is 3.07. The first kappa shape index (κ1) is 9.93. The highest BCUT2D eigenvalue weighted by Gasteiger charge is 2.16. The van der Waals surface area contributed by atoms with Crippen LogP contribution in [0.4, 0.5) is 4.39 Å². The van der Waals surface area contributed by atoms with Gasteiger partial charge in [-0.05, 0) is 39.4 Å². The van der Waals surface area contributed by atoms with Crippen molar-refractivity contribution >= 4 is 0 Å². The summed E-state index contributed by atoms with van der Waals surface area (Å²) in [5, 5.41) is 3.32. The van der Waals surface area contributed by atoms with Gasteiger partial charge in [0.15, 0.2) is 0 Å². The van der Waals surface area contributed by atoms with Crippen molar-refractivity contribution in [2.75, 3.05) is 33.4 Å². The van der Waals surface area contributed by atoms with E-state index in [0.29, 0.717) is 12.5 Å². The first-order valence-corrected chi connectivity index (χ1v) is 4.81. The van der Waals surface area contributed by atoms with Crippen LogP contribution in [0.3, 0.4) is 0 Å². The van der Waals surface area contributed by atoms with E-state index in [1.165, 1.54) is 12.8 Å². The molecule has 0 atom stereocenters. The molecule has 1 aliphatic heterocycles. The van der Waals surface area contributed by atoms with E-state index >= 15 is 0 Å². The van der Waals surface area contributed by atoms with E-state index in [4.69, 9.17) is 0 Å². The Kier molecular flexibility index (Phi) is 4.54. The summed E-state index contributed by atoms with van der Waals surface area (Å²) < 4.78 is 11.9. The van der Waals surface area contributed by atoms with Gasteiger partial charge in [0.25, 0.3) is 0 Å². The number of nitrogens with one attached hydrogen (secondary N) is 1. The molecule has 1 rings (SSSR count). The Bertz CT molecular complexity index is 113. The first-order valence-electron chi connectivity index (χ1n) is 4.81. The minimum Gasteiger partial charge on any atom is -0.317 e. The van der Waals surface area contributed by atoms with Crippen LogP contribution in [0, 0.1) is 0 Å². The van der Waals surface area contributed by atoms with Crippen LogP contribution in [0.25, 0.3) is 0 Å². The summed E-state index contributed by atoms with van der Waals surface area (Å²) >= 11 is 0. The number of hydrogen-bond acceptors (Lipinski definition) is 2. The van der Waals surface area contributed by atoms with Crippen LogP contribution in [0.2, 0.25) is 0 Å². The lowest BCUT2D eigenvalue weighted by atomic mass is 10.1. The van der Waals surface area contributed by atoms with Crippen molar-refractivity contribution in [3.63, 3.8) is 0 Å². The summed E-state index contributed by atoms with van der Waals surface area (Å²) in [7, 11) is 2.10. The average Bonchev–Trinajstić information content (AvgIpc) is 2.15. The van der Waals surface area contributed by atoms with Crippen molar-refractivity contribution in [2.24, 2.45) is 0 Å². The van der Waals surface area contributed by atoms with Gasteiger partial charge in [-0.2, -0.15) is 0 Å². The molecule has 1 heterocycles. The van der Waals surface area contributed by atoms with Gasteiger partial charge in [-0.1, -0.05) is 0 Å². The van der Waals surface area contributed by atoms with Gasteiger partial charge in [0.1, 0.15) is 0 Å². The normalized spacial score (nSPS) is 20.2. The van der Waals surface area contributed by atoms with Crippen LogP contribution in [-0.2, 0) is 0 Å². The Balaban J connectivity index is 2.15. The highest BCUT2D eigenvalue weighted by Crippen LogP contribution is 2.09. The lowest BCUT2D eigenvalue weighted by molar-refractivity contribution is 0.192. The Hall–Kier alpha value is -0.150. The van der Waals surface area contributed by atoms with E-state index in [-0.39, 0.29) is 6.67 Å².